The first-order chi connectivity index (χ1) is 11.3. The number of carbonyl (C=O) groups excluding carboxylic acids is 2. The lowest BCUT2D eigenvalue weighted by molar-refractivity contribution is -0.182. The number of amides is 2. The molecule has 2 amide bonds. The molecule has 1 aromatic carbocycles. The molecule has 0 aliphatic carbocycles. The van der Waals surface area contributed by atoms with Crippen molar-refractivity contribution in [2.45, 2.75) is 6.18 Å². The maximum Gasteiger partial charge on any atom is 0.394 e. The van der Waals surface area contributed by atoms with Gasteiger partial charge in [-0.15, -0.1) is 0 Å². The number of likely N-dealkylation sites (tertiary alicyclic amines) is 1. The van der Waals surface area contributed by atoms with E-state index in [0.717, 1.165) is 4.90 Å². The van der Waals surface area contributed by atoms with Crippen LogP contribution in [0.3, 0.4) is 0 Å². The van der Waals surface area contributed by atoms with E-state index in [1.54, 1.807) is 18.2 Å². The smallest absolute Gasteiger partial charge is 0.394 e. The number of alkyl halides is 3. The molecule has 2 rings (SSSR count). The third kappa shape index (κ3) is 3.69. The molecular formula is C16H17F3N2O3. The summed E-state index contributed by atoms with van der Waals surface area (Å²) >= 11 is 0. The van der Waals surface area contributed by atoms with Gasteiger partial charge in [0.1, 0.15) is 12.4 Å². The Morgan fingerprint density at radius 1 is 1.33 bits per heavy atom. The van der Waals surface area contributed by atoms with Crippen LogP contribution in [0.15, 0.2) is 36.9 Å². The van der Waals surface area contributed by atoms with Crippen molar-refractivity contribution in [2.75, 3.05) is 19.7 Å². The van der Waals surface area contributed by atoms with Crippen molar-refractivity contribution in [1.29, 1.82) is 0 Å². The van der Waals surface area contributed by atoms with Gasteiger partial charge in [0, 0.05) is 13.1 Å². The minimum atomic E-state index is -4.60. The Balaban J connectivity index is 2.25. The first-order valence-corrected chi connectivity index (χ1v) is 7.23. The summed E-state index contributed by atoms with van der Waals surface area (Å²) in [6.07, 6.45) is -3.12. The SMILES string of the molecule is C=CCOc1ccccc1C(=O)N1C[C@@H](C(F)(F)F)[C@H](C(N)=O)C1. The molecule has 0 bridgehead atoms. The molecule has 1 heterocycles. The van der Waals surface area contributed by atoms with Crippen molar-refractivity contribution < 1.29 is 27.5 Å². The van der Waals surface area contributed by atoms with Crippen LogP contribution in [0.25, 0.3) is 0 Å². The summed E-state index contributed by atoms with van der Waals surface area (Å²) < 4.78 is 44.6. The van der Waals surface area contributed by atoms with E-state index in [1.165, 1.54) is 12.1 Å². The van der Waals surface area contributed by atoms with Gasteiger partial charge in [-0.2, -0.15) is 13.2 Å². The lowest BCUT2D eigenvalue weighted by Crippen LogP contribution is -2.37. The lowest BCUT2D eigenvalue weighted by atomic mass is 9.95. The fourth-order valence-electron chi connectivity index (χ4n) is 2.68. The van der Waals surface area contributed by atoms with Gasteiger partial charge in [0.2, 0.25) is 5.91 Å². The van der Waals surface area contributed by atoms with Gasteiger partial charge in [-0.3, -0.25) is 9.59 Å². The zero-order valence-electron chi connectivity index (χ0n) is 12.8. The summed E-state index contributed by atoms with van der Waals surface area (Å²) in [5, 5.41) is 0. The van der Waals surface area contributed by atoms with Crippen LogP contribution >= 0.6 is 0 Å². The van der Waals surface area contributed by atoms with E-state index in [4.69, 9.17) is 10.5 Å². The maximum atomic E-state index is 13.1. The monoisotopic (exact) mass is 342 g/mol. The Bertz CT molecular complexity index is 646. The van der Waals surface area contributed by atoms with Crippen LogP contribution in [0.2, 0.25) is 0 Å². The molecule has 1 fully saturated rings. The highest BCUT2D eigenvalue weighted by molar-refractivity contribution is 5.97. The van der Waals surface area contributed by atoms with Crippen molar-refractivity contribution in [2.24, 2.45) is 17.6 Å². The number of nitrogens with two attached hydrogens (primary N) is 1. The number of ether oxygens (including phenoxy) is 1. The molecule has 0 unspecified atom stereocenters. The largest absolute Gasteiger partial charge is 0.489 e. The van der Waals surface area contributed by atoms with E-state index in [2.05, 4.69) is 6.58 Å². The number of carbonyl (C=O) groups is 2. The number of hydrogen-bond donors (Lipinski definition) is 1. The van der Waals surface area contributed by atoms with Gasteiger partial charge in [-0.25, -0.2) is 0 Å². The molecule has 24 heavy (non-hydrogen) atoms. The summed E-state index contributed by atoms with van der Waals surface area (Å²) in [7, 11) is 0. The van der Waals surface area contributed by atoms with Gasteiger partial charge in [-0.1, -0.05) is 24.8 Å². The van der Waals surface area contributed by atoms with Crippen molar-refractivity contribution >= 4 is 11.8 Å². The van der Waals surface area contributed by atoms with Crippen LogP contribution in [0.4, 0.5) is 13.2 Å². The Labute approximate surface area is 136 Å². The third-order valence-corrected chi connectivity index (χ3v) is 3.87. The van der Waals surface area contributed by atoms with Crippen LogP contribution in [-0.4, -0.2) is 42.6 Å². The number of benzene rings is 1. The van der Waals surface area contributed by atoms with E-state index in [-0.39, 0.29) is 24.5 Å². The first-order valence-electron chi connectivity index (χ1n) is 7.23. The number of hydrogen-bond acceptors (Lipinski definition) is 3. The summed E-state index contributed by atoms with van der Waals surface area (Å²) in [4.78, 5) is 24.9. The summed E-state index contributed by atoms with van der Waals surface area (Å²) in [6, 6.07) is 6.22. The van der Waals surface area contributed by atoms with Gasteiger partial charge in [-0.05, 0) is 12.1 Å². The Morgan fingerprint density at radius 2 is 2.00 bits per heavy atom. The molecule has 8 heteroatoms. The fraction of sp³-hybridized carbons (Fsp3) is 0.375. The fourth-order valence-corrected chi connectivity index (χ4v) is 2.68. The second-order valence-electron chi connectivity index (χ2n) is 5.46. The minimum absolute atomic E-state index is 0.130. The highest BCUT2D eigenvalue weighted by atomic mass is 19.4. The molecule has 0 aromatic heterocycles. The van der Waals surface area contributed by atoms with Crippen molar-refractivity contribution in [3.05, 3.63) is 42.5 Å². The molecule has 0 spiro atoms. The van der Waals surface area contributed by atoms with Crippen molar-refractivity contribution in [3.63, 3.8) is 0 Å². The molecule has 5 nitrogen and oxygen atoms in total. The van der Waals surface area contributed by atoms with E-state index in [9.17, 15) is 22.8 Å². The number of nitrogens with zero attached hydrogens (tertiary/aromatic N) is 1. The molecule has 1 aliphatic rings. The zero-order valence-corrected chi connectivity index (χ0v) is 12.8. The topological polar surface area (TPSA) is 72.6 Å². The van der Waals surface area contributed by atoms with Gasteiger partial charge in [0.25, 0.3) is 5.91 Å². The van der Waals surface area contributed by atoms with Gasteiger partial charge in [0.05, 0.1) is 17.4 Å². The van der Waals surface area contributed by atoms with E-state index in [0.29, 0.717) is 0 Å². The predicted molar refractivity (Wildman–Crippen MR) is 80.3 cm³/mol. The van der Waals surface area contributed by atoms with Gasteiger partial charge >= 0.3 is 6.18 Å². The molecular weight excluding hydrogens is 325 g/mol. The van der Waals surface area contributed by atoms with Crippen LogP contribution < -0.4 is 10.5 Å². The summed E-state index contributed by atoms with van der Waals surface area (Å²) in [6.45, 7) is 2.68. The summed E-state index contributed by atoms with van der Waals surface area (Å²) in [5.74, 6) is -4.86. The van der Waals surface area contributed by atoms with Crippen LogP contribution in [0.5, 0.6) is 5.75 Å². The second-order valence-corrected chi connectivity index (χ2v) is 5.46. The summed E-state index contributed by atoms with van der Waals surface area (Å²) in [5.41, 5.74) is 5.20. The molecule has 2 N–H and O–H groups in total. The molecule has 1 aromatic rings. The van der Waals surface area contributed by atoms with Crippen molar-refractivity contribution in [3.8, 4) is 5.75 Å². The quantitative estimate of drug-likeness (QED) is 0.832. The Morgan fingerprint density at radius 3 is 2.54 bits per heavy atom. The molecule has 0 radical (unpaired) electrons. The number of para-hydroxylation sites is 1. The van der Waals surface area contributed by atoms with Crippen molar-refractivity contribution in [1.82, 2.24) is 4.90 Å². The van der Waals surface area contributed by atoms with Crippen LogP contribution in [-0.2, 0) is 4.79 Å². The molecule has 130 valence electrons. The van der Waals surface area contributed by atoms with E-state index < -0.39 is 36.4 Å². The highest BCUT2D eigenvalue weighted by Gasteiger charge is 2.53. The van der Waals surface area contributed by atoms with E-state index in [1.807, 2.05) is 0 Å². The first kappa shape index (κ1) is 17.8. The molecule has 0 saturated carbocycles. The maximum absolute atomic E-state index is 13.1. The average Bonchev–Trinajstić information content (AvgIpc) is 2.98. The normalized spacial score (nSPS) is 20.7. The highest BCUT2D eigenvalue weighted by Crippen LogP contribution is 2.38. The number of rotatable bonds is 5. The number of halogens is 3. The van der Waals surface area contributed by atoms with Gasteiger partial charge in [0.15, 0.2) is 0 Å². The third-order valence-electron chi connectivity index (χ3n) is 3.87. The Hall–Kier alpha value is -2.51. The minimum Gasteiger partial charge on any atom is -0.489 e. The predicted octanol–water partition coefficient (Wildman–Crippen LogP) is 1.99. The molecule has 1 saturated heterocycles. The average molecular weight is 342 g/mol. The van der Waals surface area contributed by atoms with E-state index >= 15 is 0 Å². The lowest BCUT2D eigenvalue weighted by Gasteiger charge is -2.19. The van der Waals surface area contributed by atoms with Crippen LogP contribution in [0.1, 0.15) is 10.4 Å². The number of primary amides is 1. The zero-order chi connectivity index (χ0) is 17.9. The Kier molecular flexibility index (Phi) is 5.16. The standard InChI is InChI=1S/C16H17F3N2O3/c1-2-7-24-13-6-4-3-5-10(13)15(23)21-8-11(14(20)22)12(9-21)16(17,18)19/h2-6,11-12H,1,7-9H2,(H2,20,22)/t11-,12-/m1/s1. The van der Waals surface area contributed by atoms with Gasteiger partial charge < -0.3 is 15.4 Å². The molecule has 2 atom stereocenters. The van der Waals surface area contributed by atoms with Crippen LogP contribution in [0, 0.1) is 11.8 Å². The molecule has 1 aliphatic heterocycles. The second kappa shape index (κ2) is 6.94.